The molecule has 0 saturated heterocycles. The maximum absolute atomic E-state index is 2.41. The molecule has 1 aliphatic rings. The van der Waals surface area contributed by atoms with Crippen LogP contribution in [0, 0.1) is 16.7 Å². The molecule has 1 aliphatic carbocycles. The van der Waals surface area contributed by atoms with Crippen LogP contribution < -0.4 is 0 Å². The van der Waals surface area contributed by atoms with E-state index in [0.717, 1.165) is 5.92 Å². The molecule has 0 N–H and O–H groups in total. The van der Waals surface area contributed by atoms with Gasteiger partial charge in [0.1, 0.15) is 0 Å². The van der Waals surface area contributed by atoms with E-state index in [4.69, 9.17) is 0 Å². The normalized spacial score (nSPS) is 19.5. The van der Waals surface area contributed by atoms with Crippen molar-refractivity contribution in [2.75, 3.05) is 0 Å². The molecule has 0 amide bonds. The van der Waals surface area contributed by atoms with Gasteiger partial charge in [-0.3, -0.25) is 0 Å². The van der Waals surface area contributed by atoms with Gasteiger partial charge in [0.05, 0.1) is 0 Å². The van der Waals surface area contributed by atoms with Crippen LogP contribution in [0.2, 0.25) is 0 Å². The molecule has 0 nitrogen and oxygen atoms in total. The predicted octanol–water partition coefficient (Wildman–Crippen LogP) is 7.99. The summed E-state index contributed by atoms with van der Waals surface area (Å²) in [4.78, 5) is 0. The lowest BCUT2D eigenvalue weighted by Crippen LogP contribution is -2.32. The molecule has 1 rings (SSSR count). The van der Waals surface area contributed by atoms with Gasteiger partial charge < -0.3 is 0 Å². The first-order chi connectivity index (χ1) is 6.72. The summed E-state index contributed by atoms with van der Waals surface area (Å²) < 4.78 is 0. The monoisotopic (exact) mass is 274 g/mol. The van der Waals surface area contributed by atoms with Gasteiger partial charge in [0, 0.05) is 0 Å². The van der Waals surface area contributed by atoms with Crippen molar-refractivity contribution in [1.29, 1.82) is 0 Å². The van der Waals surface area contributed by atoms with Gasteiger partial charge in [-0.05, 0) is 49.9 Å². The first-order valence-corrected chi connectivity index (χ1v) is 6.30. The second kappa shape index (κ2) is 12.8. The lowest BCUT2D eigenvalue weighted by atomic mass is 9.62. The van der Waals surface area contributed by atoms with Crippen molar-refractivity contribution in [2.24, 2.45) is 16.7 Å². The lowest BCUT2D eigenvalue weighted by molar-refractivity contribution is 0.0754. The van der Waals surface area contributed by atoms with Crippen molar-refractivity contribution in [3.05, 3.63) is 12.2 Å². The maximum atomic E-state index is 2.41. The molecule has 0 atom stereocenters. The van der Waals surface area contributed by atoms with Crippen molar-refractivity contribution in [2.45, 2.75) is 97.4 Å². The average molecular weight is 275 g/mol. The number of hydrogen-bond donors (Lipinski definition) is 0. The molecule has 0 aromatic heterocycles. The van der Waals surface area contributed by atoms with E-state index in [0.29, 0.717) is 10.8 Å². The van der Waals surface area contributed by atoms with E-state index in [9.17, 15) is 0 Å². The van der Waals surface area contributed by atoms with Crippen LogP contribution >= 0.6 is 0 Å². The molecule has 0 aromatic carbocycles. The van der Waals surface area contributed by atoms with E-state index in [2.05, 4.69) is 34.6 Å². The second-order valence-corrected chi connectivity index (χ2v) is 6.69. The molecule has 0 spiro atoms. The van der Waals surface area contributed by atoms with E-state index >= 15 is 0 Å². The standard InChI is InChI=1S/C11H22.C4H8.4CH4/c1-9-6-10(2,3)8-11(4,5)7-9;1-3-4-2;;;;/h9H,6-8H2,1-5H3;3-4H,1-2H3;4*1H4/b;4-3-;;;;. The minimum Gasteiger partial charge on any atom is -0.0919 e. The van der Waals surface area contributed by atoms with Crippen LogP contribution in [0.3, 0.4) is 0 Å². The van der Waals surface area contributed by atoms with Crippen LogP contribution in [0.25, 0.3) is 0 Å². The zero-order valence-electron chi connectivity index (χ0n) is 11.9. The van der Waals surface area contributed by atoms with Gasteiger partial charge in [-0.25, -0.2) is 0 Å². The number of allylic oxidation sites excluding steroid dienone is 2. The third-order valence-electron chi connectivity index (χ3n) is 3.09. The van der Waals surface area contributed by atoms with Gasteiger partial charge in [0.2, 0.25) is 0 Å². The van der Waals surface area contributed by atoms with Crippen molar-refractivity contribution in [3.8, 4) is 0 Å². The van der Waals surface area contributed by atoms with Gasteiger partial charge >= 0.3 is 0 Å². The fourth-order valence-electron chi connectivity index (χ4n) is 3.40. The summed E-state index contributed by atoms with van der Waals surface area (Å²) in [5.41, 5.74) is 1.17. The summed E-state index contributed by atoms with van der Waals surface area (Å²) in [6, 6.07) is 0. The van der Waals surface area contributed by atoms with Gasteiger partial charge in [-0.15, -0.1) is 0 Å². The van der Waals surface area contributed by atoms with Crippen LogP contribution in [-0.2, 0) is 0 Å². The van der Waals surface area contributed by atoms with Crippen LogP contribution in [0.4, 0.5) is 0 Å². The highest BCUT2D eigenvalue weighted by Gasteiger charge is 2.36. The molecule has 0 heterocycles. The summed E-state index contributed by atoms with van der Waals surface area (Å²) in [7, 11) is 0. The van der Waals surface area contributed by atoms with Crippen molar-refractivity contribution >= 4 is 0 Å². The second-order valence-electron chi connectivity index (χ2n) is 6.69. The zero-order valence-corrected chi connectivity index (χ0v) is 11.9. The van der Waals surface area contributed by atoms with Crippen LogP contribution in [-0.4, -0.2) is 0 Å². The Bertz CT molecular complexity index is 176. The fraction of sp³-hybridized carbons (Fsp3) is 0.895. The topological polar surface area (TPSA) is 0 Å². The third kappa shape index (κ3) is 15.7. The summed E-state index contributed by atoms with van der Waals surface area (Å²) in [5, 5.41) is 0. The molecule has 122 valence electrons. The summed E-state index contributed by atoms with van der Waals surface area (Å²) in [6.07, 6.45) is 8.22. The Morgan fingerprint density at radius 2 is 1.00 bits per heavy atom. The lowest BCUT2D eigenvalue weighted by Gasteiger charge is -2.44. The van der Waals surface area contributed by atoms with Gasteiger partial charge in [-0.2, -0.15) is 0 Å². The van der Waals surface area contributed by atoms with Crippen LogP contribution in [0.15, 0.2) is 12.2 Å². The van der Waals surface area contributed by atoms with Crippen LogP contribution in [0.5, 0.6) is 0 Å². The Labute approximate surface area is 127 Å². The van der Waals surface area contributed by atoms with Crippen molar-refractivity contribution < 1.29 is 0 Å². The Balaban J connectivity index is -0.0000000735. The zero-order chi connectivity index (χ0) is 12.1. The van der Waals surface area contributed by atoms with Crippen LogP contribution in [0.1, 0.15) is 97.4 Å². The minimum absolute atomic E-state index is 0. The smallest absolute Gasteiger partial charge is 0.0347 e. The van der Waals surface area contributed by atoms with Gasteiger partial charge in [0.15, 0.2) is 0 Å². The number of rotatable bonds is 0. The summed E-state index contributed by atoms with van der Waals surface area (Å²) in [5.74, 6) is 0.925. The van der Waals surface area contributed by atoms with E-state index < -0.39 is 0 Å². The first kappa shape index (κ1) is 31.2. The molecular formula is C19H46. The molecule has 1 saturated carbocycles. The van der Waals surface area contributed by atoms with Crippen molar-refractivity contribution in [1.82, 2.24) is 0 Å². The average Bonchev–Trinajstić information content (AvgIpc) is 1.97. The molecule has 1 fully saturated rings. The molecule has 0 aliphatic heterocycles. The molecule has 19 heavy (non-hydrogen) atoms. The molecule has 0 aromatic rings. The molecule has 0 bridgehead atoms. The van der Waals surface area contributed by atoms with Gasteiger partial charge in [-0.1, -0.05) is 76.5 Å². The van der Waals surface area contributed by atoms with E-state index in [1.807, 2.05) is 26.0 Å². The van der Waals surface area contributed by atoms with Crippen molar-refractivity contribution in [3.63, 3.8) is 0 Å². The fourth-order valence-corrected chi connectivity index (χ4v) is 3.40. The molecule has 0 radical (unpaired) electrons. The third-order valence-corrected chi connectivity index (χ3v) is 3.09. The highest BCUT2D eigenvalue weighted by molar-refractivity contribution is 4.87. The Hall–Kier alpha value is -0.260. The minimum atomic E-state index is 0. The quantitative estimate of drug-likeness (QED) is 0.393. The summed E-state index contributed by atoms with van der Waals surface area (Å²) >= 11 is 0. The SMILES string of the molecule is C.C.C.C.C/C=C\C.CC1CC(C)(C)CC(C)(C)C1. The molecule has 0 unspecified atom stereocenters. The first-order valence-electron chi connectivity index (χ1n) is 6.30. The van der Waals surface area contributed by atoms with Gasteiger partial charge in [0.25, 0.3) is 0 Å². The Morgan fingerprint density at radius 1 is 0.737 bits per heavy atom. The Morgan fingerprint density at radius 3 is 1.16 bits per heavy atom. The van der Waals surface area contributed by atoms with E-state index in [-0.39, 0.29) is 29.7 Å². The predicted molar refractivity (Wildman–Crippen MR) is 98.0 cm³/mol. The maximum Gasteiger partial charge on any atom is -0.0347 e. The molecular weight excluding hydrogens is 228 g/mol. The highest BCUT2D eigenvalue weighted by Crippen LogP contribution is 2.47. The van der Waals surface area contributed by atoms with E-state index in [1.54, 1.807) is 0 Å². The number of hydrogen-bond acceptors (Lipinski definition) is 0. The molecule has 0 heteroatoms. The Kier molecular flexibility index (Phi) is 21.0. The summed E-state index contributed by atoms with van der Waals surface area (Å²) in [6.45, 7) is 16.0. The van der Waals surface area contributed by atoms with E-state index in [1.165, 1.54) is 19.3 Å². The highest BCUT2D eigenvalue weighted by atomic mass is 14.4. The largest absolute Gasteiger partial charge is 0.0919 e.